The van der Waals surface area contributed by atoms with Gasteiger partial charge in [-0.15, -0.1) is 0 Å². The van der Waals surface area contributed by atoms with Crippen molar-refractivity contribution < 1.29 is 23.9 Å². The summed E-state index contributed by atoms with van der Waals surface area (Å²) >= 11 is 0. The van der Waals surface area contributed by atoms with Crippen LogP contribution in [0.3, 0.4) is 0 Å². The van der Waals surface area contributed by atoms with Gasteiger partial charge in [0.05, 0.1) is 17.6 Å². The van der Waals surface area contributed by atoms with Crippen molar-refractivity contribution in [1.29, 1.82) is 0 Å². The molecular formula is C47H57FN10O4. The van der Waals surface area contributed by atoms with Crippen LogP contribution in [-0.2, 0) is 4.79 Å². The van der Waals surface area contributed by atoms with Crippen LogP contribution in [0.5, 0.6) is 5.75 Å². The summed E-state index contributed by atoms with van der Waals surface area (Å²) in [6.07, 6.45) is 12.5. The molecule has 9 rings (SSSR count). The first-order valence-corrected chi connectivity index (χ1v) is 22.1. The number of pyridine rings is 1. The van der Waals surface area contributed by atoms with Gasteiger partial charge in [-0.05, 0) is 92.0 Å². The Hall–Kier alpha value is -6.09. The summed E-state index contributed by atoms with van der Waals surface area (Å²) in [6, 6.07) is 16.6. The van der Waals surface area contributed by atoms with Crippen molar-refractivity contribution in [3.05, 3.63) is 107 Å². The summed E-state index contributed by atoms with van der Waals surface area (Å²) in [6.45, 7) is 4.44. The molecule has 1 unspecified atom stereocenters. The van der Waals surface area contributed by atoms with E-state index in [1.807, 2.05) is 30.3 Å². The third-order valence-electron chi connectivity index (χ3n) is 13.7. The number of likely N-dealkylation sites (tertiary alicyclic amines) is 3. The number of para-hydroxylation sites is 1. The lowest BCUT2D eigenvalue weighted by Gasteiger charge is -2.41. The first-order chi connectivity index (χ1) is 29.9. The number of hydrogen-bond donors (Lipinski definition) is 5. The third kappa shape index (κ3) is 8.54. The van der Waals surface area contributed by atoms with Crippen LogP contribution in [-0.4, -0.2) is 105 Å². The van der Waals surface area contributed by atoms with E-state index in [2.05, 4.69) is 25.9 Å². The maximum Gasteiger partial charge on any atom is 0.328 e. The number of hydrogen-bond acceptors (Lipinski definition) is 10. The quantitative estimate of drug-likeness (QED) is 0.125. The molecule has 0 spiro atoms. The predicted molar refractivity (Wildman–Crippen MR) is 237 cm³/mol. The summed E-state index contributed by atoms with van der Waals surface area (Å²) in [4.78, 5) is 50.6. The fraction of sp³-hybridized carbons (Fsp3) is 0.447. The van der Waals surface area contributed by atoms with Crippen LogP contribution in [0.25, 0.3) is 16.7 Å². The Morgan fingerprint density at radius 3 is 2.34 bits per heavy atom. The van der Waals surface area contributed by atoms with Gasteiger partial charge in [-0.3, -0.25) is 19.8 Å². The van der Waals surface area contributed by atoms with Gasteiger partial charge in [-0.25, -0.2) is 14.2 Å². The van der Waals surface area contributed by atoms with Gasteiger partial charge in [-0.1, -0.05) is 24.3 Å². The van der Waals surface area contributed by atoms with Gasteiger partial charge in [0.1, 0.15) is 22.9 Å². The van der Waals surface area contributed by atoms with E-state index in [4.69, 9.17) is 22.2 Å². The van der Waals surface area contributed by atoms with E-state index < -0.39 is 11.7 Å². The molecule has 0 radical (unpaired) electrons. The summed E-state index contributed by atoms with van der Waals surface area (Å²) in [7, 11) is 0. The lowest BCUT2D eigenvalue weighted by molar-refractivity contribution is -0.120. The molecule has 1 saturated carbocycles. The zero-order valence-electron chi connectivity index (χ0n) is 35.1. The van der Waals surface area contributed by atoms with E-state index in [0.29, 0.717) is 79.7 Å². The number of carbonyl (C=O) groups is 3. The first-order valence-electron chi connectivity index (χ1n) is 22.1. The van der Waals surface area contributed by atoms with Gasteiger partial charge < -0.3 is 41.6 Å². The molecule has 5 fully saturated rings. The minimum atomic E-state index is -1.36. The SMILES string of the molecule is NC(N)=C(/C=C(\N)c1ccccc1O)N1CCCC(c2ccc(C(=O)N3CCC(F)(CN4CCC(n5cc(C6CC6)c6cc(N7CCC(=O)NC7=O)cnc65)CC4)CC3)cc2)C1. The Kier molecular flexibility index (Phi) is 11.3. The van der Waals surface area contributed by atoms with Crippen LogP contribution in [0.1, 0.15) is 103 Å². The lowest BCUT2D eigenvalue weighted by Crippen LogP contribution is -2.51. The number of carbonyl (C=O) groups excluding carboxylic acids is 3. The topological polar surface area (TPSA) is 192 Å². The second kappa shape index (κ2) is 17.0. The number of anilines is 1. The molecule has 6 heterocycles. The van der Waals surface area contributed by atoms with E-state index in [1.165, 1.54) is 5.56 Å². The van der Waals surface area contributed by atoms with E-state index in [9.17, 15) is 19.5 Å². The standard InChI is InChI=1S/C47H57FN10O4/c48-47(29-54-19-13-34(14-20-54)58-28-38(31-9-10-31)37-24-35(26-52-44(37)58)57-21-15-42(60)53-46(57)62)16-22-55(23-17-47)45(61)32-11-7-30(8-12-32)33-4-3-18-56(27-33)40(43(50)51)25-39(49)36-5-1-2-6-41(36)59/h1-2,5-8,11-12,24-26,28,31,33-34,59H,3-4,9-10,13-23,27,29,49-51H2,(H,53,60,62)/b39-25-. The Morgan fingerprint density at radius 1 is 0.903 bits per heavy atom. The normalized spacial score (nSPS) is 21.6. The van der Waals surface area contributed by atoms with Crippen LogP contribution in [0.15, 0.2) is 84.6 Å². The minimum Gasteiger partial charge on any atom is -0.507 e. The van der Waals surface area contributed by atoms with Gasteiger partial charge in [0.25, 0.3) is 5.91 Å². The van der Waals surface area contributed by atoms with E-state index in [0.717, 1.165) is 74.8 Å². The molecule has 2 aromatic carbocycles. The number of rotatable bonds is 10. The number of nitrogens with one attached hydrogen (secondary N) is 1. The largest absolute Gasteiger partial charge is 0.507 e. The third-order valence-corrected chi connectivity index (χ3v) is 13.7. The van der Waals surface area contributed by atoms with Crippen molar-refractivity contribution in [2.24, 2.45) is 17.2 Å². The first kappa shape index (κ1) is 41.3. The number of fused-ring (bicyclic) bond motifs is 1. The van der Waals surface area contributed by atoms with Crippen LogP contribution in [0.2, 0.25) is 0 Å². The number of phenols is 1. The summed E-state index contributed by atoms with van der Waals surface area (Å²) in [5.74, 6) is 0.579. The Morgan fingerprint density at radius 2 is 1.65 bits per heavy atom. The van der Waals surface area contributed by atoms with Gasteiger partial charge in [0.15, 0.2) is 0 Å². The number of nitrogens with two attached hydrogens (primary N) is 3. The molecule has 4 aromatic rings. The number of benzene rings is 2. The number of amides is 4. The van der Waals surface area contributed by atoms with Gasteiger partial charge >= 0.3 is 6.03 Å². The maximum absolute atomic E-state index is 16.4. The number of alkyl halides is 1. The number of halogens is 1. The number of allylic oxidation sites excluding steroid dienone is 1. The van der Waals surface area contributed by atoms with Crippen molar-refractivity contribution in [1.82, 2.24) is 29.6 Å². The molecule has 326 valence electrons. The van der Waals surface area contributed by atoms with Crippen molar-refractivity contribution in [3.8, 4) is 5.75 Å². The molecule has 15 heteroatoms. The van der Waals surface area contributed by atoms with Crippen molar-refractivity contribution in [3.63, 3.8) is 0 Å². The van der Waals surface area contributed by atoms with Gasteiger partial charge in [0.2, 0.25) is 5.91 Å². The molecule has 4 amide bonds. The fourth-order valence-corrected chi connectivity index (χ4v) is 9.97. The van der Waals surface area contributed by atoms with Crippen molar-refractivity contribution in [2.45, 2.75) is 81.3 Å². The molecule has 1 aliphatic carbocycles. The number of phenolic OH excluding ortho intramolecular Hbond substituents is 1. The monoisotopic (exact) mass is 844 g/mol. The fourth-order valence-electron chi connectivity index (χ4n) is 9.97. The minimum absolute atomic E-state index is 0.0740. The Bertz CT molecular complexity index is 2410. The van der Waals surface area contributed by atoms with Gasteiger partial charge in [-0.2, -0.15) is 0 Å². The molecule has 2 aromatic heterocycles. The van der Waals surface area contributed by atoms with Gasteiger partial charge in [0, 0.05) is 112 Å². The second-order valence-corrected chi connectivity index (χ2v) is 17.9. The van der Waals surface area contributed by atoms with Crippen LogP contribution < -0.4 is 27.4 Å². The highest BCUT2D eigenvalue weighted by Gasteiger charge is 2.39. The molecule has 1 atom stereocenters. The number of aromatic hydroxyl groups is 1. The molecule has 14 nitrogen and oxygen atoms in total. The second-order valence-electron chi connectivity index (χ2n) is 17.9. The highest BCUT2D eigenvalue weighted by atomic mass is 19.1. The molecular weight excluding hydrogens is 788 g/mol. The molecule has 8 N–H and O–H groups in total. The van der Waals surface area contributed by atoms with Crippen molar-refractivity contribution in [2.75, 3.05) is 57.3 Å². The predicted octanol–water partition coefficient (Wildman–Crippen LogP) is 5.61. The number of imide groups is 1. The number of aromatic nitrogens is 2. The zero-order valence-corrected chi connectivity index (χ0v) is 35.1. The molecule has 0 bridgehead atoms. The molecule has 62 heavy (non-hydrogen) atoms. The Balaban J connectivity index is 0.775. The summed E-state index contributed by atoms with van der Waals surface area (Å²) < 4.78 is 18.7. The number of urea groups is 1. The highest BCUT2D eigenvalue weighted by Crippen LogP contribution is 2.45. The van der Waals surface area contributed by atoms with Crippen LogP contribution in [0, 0.1) is 0 Å². The molecule has 4 aliphatic heterocycles. The maximum atomic E-state index is 16.4. The van der Waals surface area contributed by atoms with Crippen LogP contribution >= 0.6 is 0 Å². The van der Waals surface area contributed by atoms with E-state index >= 15 is 4.39 Å². The van der Waals surface area contributed by atoms with Crippen LogP contribution in [0.4, 0.5) is 14.9 Å². The summed E-state index contributed by atoms with van der Waals surface area (Å²) in [5.41, 5.74) is 23.4. The molecule has 5 aliphatic rings. The Labute approximate surface area is 361 Å². The average molecular weight is 845 g/mol. The number of nitrogens with zero attached hydrogens (tertiary/aromatic N) is 6. The average Bonchev–Trinajstić information content (AvgIpc) is 4.05. The smallest absolute Gasteiger partial charge is 0.328 e. The lowest BCUT2D eigenvalue weighted by atomic mass is 9.89. The number of piperidine rings is 3. The summed E-state index contributed by atoms with van der Waals surface area (Å²) in [5, 5.41) is 13.8. The zero-order chi connectivity index (χ0) is 43.1. The van der Waals surface area contributed by atoms with Crippen molar-refractivity contribution >= 4 is 40.3 Å². The molecule has 4 saturated heterocycles. The highest BCUT2D eigenvalue weighted by molar-refractivity contribution is 6.06. The van der Waals surface area contributed by atoms with E-state index in [1.54, 1.807) is 46.3 Å². The van der Waals surface area contributed by atoms with E-state index in [-0.39, 0.29) is 41.8 Å².